The van der Waals surface area contributed by atoms with E-state index < -0.39 is 0 Å². The number of hydrogen-bond donors (Lipinski definition) is 0. The molecule has 0 aliphatic heterocycles. The highest BCUT2D eigenvalue weighted by Gasteiger charge is 2.24. The highest BCUT2D eigenvalue weighted by Crippen LogP contribution is 2.39. The second-order valence-corrected chi connectivity index (χ2v) is 8.09. The Bertz CT molecular complexity index is 1070. The van der Waals surface area contributed by atoms with Crippen LogP contribution in [0.5, 0.6) is 0 Å². The van der Waals surface area contributed by atoms with Crippen LogP contribution in [0.2, 0.25) is 0 Å². The zero-order valence-electron chi connectivity index (χ0n) is 15.7. The van der Waals surface area contributed by atoms with Crippen LogP contribution in [0.15, 0.2) is 60.7 Å². The lowest BCUT2D eigenvalue weighted by atomic mass is 9.82. The fourth-order valence-electron chi connectivity index (χ4n) is 4.07. The molecule has 0 N–H and O–H groups in total. The van der Waals surface area contributed by atoms with Gasteiger partial charge in [0.05, 0.1) is 11.0 Å². The van der Waals surface area contributed by atoms with Crippen molar-refractivity contribution in [2.24, 2.45) is 0 Å². The molecule has 1 heteroatoms. The van der Waals surface area contributed by atoms with Gasteiger partial charge in [-0.3, -0.25) is 0 Å². The molecule has 0 saturated heterocycles. The van der Waals surface area contributed by atoms with Gasteiger partial charge in [0.15, 0.2) is 0 Å². The minimum atomic E-state index is 0.0837. The third kappa shape index (κ3) is 2.46. The number of nitrogens with zero attached hydrogens (tertiary/aromatic N) is 1. The standard InChI is InChI=1S/C24H25N/c1-16-10-13-18(14-11-16)25-21-9-7-6-8-19(21)20-15-12-17(2)22(23(20)25)24(3,4)5/h6-15H,1-5H3. The van der Waals surface area contributed by atoms with Crippen LogP contribution in [-0.4, -0.2) is 4.57 Å². The Hall–Kier alpha value is -2.54. The highest BCUT2D eigenvalue weighted by atomic mass is 15.0. The van der Waals surface area contributed by atoms with Crippen molar-refractivity contribution in [3.63, 3.8) is 0 Å². The quantitative estimate of drug-likeness (QED) is 0.366. The first kappa shape index (κ1) is 16.0. The third-order valence-corrected chi connectivity index (χ3v) is 5.09. The zero-order valence-corrected chi connectivity index (χ0v) is 15.7. The Morgan fingerprint density at radius 3 is 2.08 bits per heavy atom. The summed E-state index contributed by atoms with van der Waals surface area (Å²) in [4.78, 5) is 0. The largest absolute Gasteiger partial charge is 0.309 e. The molecule has 0 atom stereocenters. The van der Waals surface area contributed by atoms with Crippen molar-refractivity contribution in [1.29, 1.82) is 0 Å². The van der Waals surface area contributed by atoms with Crippen LogP contribution in [-0.2, 0) is 5.41 Å². The fourth-order valence-corrected chi connectivity index (χ4v) is 4.07. The number of rotatable bonds is 1. The number of fused-ring (bicyclic) bond motifs is 3. The van der Waals surface area contributed by atoms with E-state index in [1.807, 2.05) is 0 Å². The molecule has 1 heterocycles. The first-order valence-corrected chi connectivity index (χ1v) is 8.98. The van der Waals surface area contributed by atoms with Gasteiger partial charge < -0.3 is 4.57 Å². The van der Waals surface area contributed by atoms with E-state index in [1.165, 1.54) is 44.2 Å². The lowest BCUT2D eigenvalue weighted by Gasteiger charge is -2.24. The molecule has 0 aliphatic carbocycles. The van der Waals surface area contributed by atoms with Gasteiger partial charge in [-0.15, -0.1) is 0 Å². The summed E-state index contributed by atoms with van der Waals surface area (Å²) in [5, 5.41) is 2.66. The Morgan fingerprint density at radius 1 is 0.720 bits per heavy atom. The molecular weight excluding hydrogens is 302 g/mol. The number of aromatic nitrogens is 1. The maximum absolute atomic E-state index is 2.44. The fraction of sp³-hybridized carbons (Fsp3) is 0.250. The third-order valence-electron chi connectivity index (χ3n) is 5.09. The molecule has 3 aromatic carbocycles. The highest BCUT2D eigenvalue weighted by molar-refractivity contribution is 6.10. The SMILES string of the molecule is Cc1ccc(-n2c3ccccc3c3ccc(C)c(C(C)(C)C)c32)cc1. The van der Waals surface area contributed by atoms with E-state index in [2.05, 4.69) is 99.8 Å². The number of para-hydroxylation sites is 1. The molecule has 0 amide bonds. The van der Waals surface area contributed by atoms with Gasteiger partial charge in [-0.2, -0.15) is 0 Å². The number of hydrogen-bond acceptors (Lipinski definition) is 0. The molecule has 0 unspecified atom stereocenters. The number of benzene rings is 3. The summed E-state index contributed by atoms with van der Waals surface area (Å²) in [6.07, 6.45) is 0. The van der Waals surface area contributed by atoms with Crippen LogP contribution in [0.1, 0.15) is 37.5 Å². The van der Waals surface area contributed by atoms with Gasteiger partial charge in [0.25, 0.3) is 0 Å². The summed E-state index contributed by atoms with van der Waals surface area (Å²) < 4.78 is 2.44. The average Bonchev–Trinajstić information content (AvgIpc) is 2.88. The van der Waals surface area contributed by atoms with Crippen molar-refractivity contribution in [3.8, 4) is 5.69 Å². The van der Waals surface area contributed by atoms with E-state index in [0.29, 0.717) is 0 Å². The van der Waals surface area contributed by atoms with Crippen LogP contribution in [0, 0.1) is 13.8 Å². The molecule has 0 bridgehead atoms. The van der Waals surface area contributed by atoms with Crippen LogP contribution >= 0.6 is 0 Å². The van der Waals surface area contributed by atoms with Gasteiger partial charge in [0.1, 0.15) is 0 Å². The Labute approximate surface area is 149 Å². The smallest absolute Gasteiger partial charge is 0.0581 e. The first-order chi connectivity index (χ1) is 11.9. The minimum absolute atomic E-state index is 0.0837. The van der Waals surface area contributed by atoms with Crippen molar-refractivity contribution < 1.29 is 0 Å². The van der Waals surface area contributed by atoms with E-state index in [-0.39, 0.29) is 5.41 Å². The van der Waals surface area contributed by atoms with Crippen molar-refractivity contribution in [2.75, 3.05) is 0 Å². The van der Waals surface area contributed by atoms with Gasteiger partial charge in [-0.05, 0) is 48.6 Å². The Kier molecular flexibility index (Phi) is 3.50. The second-order valence-electron chi connectivity index (χ2n) is 8.09. The molecular formula is C24H25N. The van der Waals surface area contributed by atoms with E-state index in [4.69, 9.17) is 0 Å². The van der Waals surface area contributed by atoms with Crippen molar-refractivity contribution in [2.45, 2.75) is 40.0 Å². The minimum Gasteiger partial charge on any atom is -0.309 e. The molecule has 0 aliphatic rings. The molecule has 0 spiro atoms. The first-order valence-electron chi connectivity index (χ1n) is 8.98. The molecule has 25 heavy (non-hydrogen) atoms. The van der Waals surface area contributed by atoms with Gasteiger partial charge in [-0.25, -0.2) is 0 Å². The van der Waals surface area contributed by atoms with E-state index in [9.17, 15) is 0 Å². The molecule has 1 aromatic heterocycles. The predicted octanol–water partition coefficient (Wildman–Crippen LogP) is 6.70. The van der Waals surface area contributed by atoms with Crippen LogP contribution in [0.4, 0.5) is 0 Å². The van der Waals surface area contributed by atoms with Gasteiger partial charge in [0, 0.05) is 16.5 Å². The molecule has 126 valence electrons. The van der Waals surface area contributed by atoms with Crippen molar-refractivity contribution in [1.82, 2.24) is 4.57 Å². The van der Waals surface area contributed by atoms with Crippen LogP contribution in [0.3, 0.4) is 0 Å². The van der Waals surface area contributed by atoms with Crippen molar-refractivity contribution in [3.05, 3.63) is 77.4 Å². The monoisotopic (exact) mass is 327 g/mol. The topological polar surface area (TPSA) is 4.93 Å². The van der Waals surface area contributed by atoms with Crippen molar-refractivity contribution >= 4 is 21.8 Å². The second kappa shape index (κ2) is 5.49. The van der Waals surface area contributed by atoms with Gasteiger partial charge in [0.2, 0.25) is 0 Å². The van der Waals surface area contributed by atoms with E-state index in [1.54, 1.807) is 0 Å². The molecule has 1 nitrogen and oxygen atoms in total. The normalized spacial score (nSPS) is 12.2. The number of aryl methyl sites for hydroxylation is 2. The molecule has 0 fully saturated rings. The maximum atomic E-state index is 2.44. The maximum Gasteiger partial charge on any atom is 0.0581 e. The zero-order chi connectivity index (χ0) is 17.8. The lowest BCUT2D eigenvalue weighted by molar-refractivity contribution is 0.590. The summed E-state index contributed by atoms with van der Waals surface area (Å²) in [6, 6.07) is 22.2. The van der Waals surface area contributed by atoms with Crippen LogP contribution < -0.4 is 0 Å². The molecule has 4 aromatic rings. The lowest BCUT2D eigenvalue weighted by Crippen LogP contribution is -2.15. The summed E-state index contributed by atoms with van der Waals surface area (Å²) in [5.41, 5.74) is 8.01. The summed E-state index contributed by atoms with van der Waals surface area (Å²) in [5.74, 6) is 0. The van der Waals surface area contributed by atoms with E-state index >= 15 is 0 Å². The van der Waals surface area contributed by atoms with Gasteiger partial charge >= 0.3 is 0 Å². The Morgan fingerprint density at radius 2 is 1.40 bits per heavy atom. The van der Waals surface area contributed by atoms with Crippen LogP contribution in [0.25, 0.3) is 27.5 Å². The van der Waals surface area contributed by atoms with E-state index in [0.717, 1.165) is 0 Å². The summed E-state index contributed by atoms with van der Waals surface area (Å²) >= 11 is 0. The molecule has 4 rings (SSSR count). The molecule has 0 saturated carbocycles. The summed E-state index contributed by atoms with van der Waals surface area (Å²) in [6.45, 7) is 11.3. The predicted molar refractivity (Wildman–Crippen MR) is 109 cm³/mol. The van der Waals surface area contributed by atoms with Gasteiger partial charge in [-0.1, -0.05) is 68.8 Å². The molecule has 0 radical (unpaired) electrons. The Balaban J connectivity index is 2.25. The summed E-state index contributed by atoms with van der Waals surface area (Å²) in [7, 11) is 0. The average molecular weight is 327 g/mol.